The summed E-state index contributed by atoms with van der Waals surface area (Å²) in [5.74, 6) is -0.0208. The monoisotopic (exact) mass is 270 g/mol. The molecule has 104 valence electrons. The van der Waals surface area contributed by atoms with Gasteiger partial charge in [0, 0.05) is 23.4 Å². The number of hydrogen-bond donors (Lipinski definition) is 3. The van der Waals surface area contributed by atoms with Crippen molar-refractivity contribution < 1.29 is 9.90 Å². The fourth-order valence-electron chi connectivity index (χ4n) is 2.07. The third-order valence-corrected chi connectivity index (χ3v) is 3.19. The van der Waals surface area contributed by atoms with Gasteiger partial charge in [0.15, 0.2) is 0 Å². The van der Waals surface area contributed by atoms with E-state index in [9.17, 15) is 9.90 Å². The van der Waals surface area contributed by atoms with Crippen molar-refractivity contribution in [3.05, 3.63) is 59.2 Å². The summed E-state index contributed by atoms with van der Waals surface area (Å²) in [5, 5.41) is 12.5. The first-order valence-corrected chi connectivity index (χ1v) is 6.55. The first-order chi connectivity index (χ1) is 9.61. The molecule has 0 aliphatic carbocycles. The second-order valence-corrected chi connectivity index (χ2v) is 4.58. The van der Waals surface area contributed by atoms with Gasteiger partial charge in [-0.25, -0.2) is 0 Å². The molecule has 4 N–H and O–H groups in total. The number of nitrogens with one attached hydrogen (secondary N) is 1. The zero-order valence-corrected chi connectivity index (χ0v) is 11.4. The molecule has 0 aliphatic rings. The molecule has 0 saturated carbocycles. The number of carbonyl (C=O) groups is 1. The Morgan fingerprint density at radius 2 is 1.95 bits per heavy atom. The molecule has 0 unspecified atom stereocenters. The molecule has 20 heavy (non-hydrogen) atoms. The van der Waals surface area contributed by atoms with Gasteiger partial charge in [-0.3, -0.25) is 4.79 Å². The van der Waals surface area contributed by atoms with Crippen molar-refractivity contribution in [2.75, 3.05) is 5.73 Å². The minimum Gasteiger partial charge on any atom is -0.508 e. The zero-order chi connectivity index (χ0) is 14.5. The van der Waals surface area contributed by atoms with Crippen molar-refractivity contribution >= 4 is 11.6 Å². The molecule has 0 fully saturated rings. The van der Waals surface area contributed by atoms with E-state index < -0.39 is 0 Å². The smallest absolute Gasteiger partial charge is 0.251 e. The predicted octanol–water partition coefficient (Wildman–Crippen LogP) is 2.47. The number of rotatable bonds is 4. The van der Waals surface area contributed by atoms with E-state index in [1.54, 1.807) is 18.2 Å². The summed E-state index contributed by atoms with van der Waals surface area (Å²) in [5.41, 5.74) is 8.49. The number of aromatic hydroxyl groups is 1. The second kappa shape index (κ2) is 6.10. The zero-order valence-electron chi connectivity index (χ0n) is 11.4. The topological polar surface area (TPSA) is 75.4 Å². The molecule has 0 atom stereocenters. The van der Waals surface area contributed by atoms with Crippen LogP contribution < -0.4 is 11.1 Å². The molecule has 0 spiro atoms. The Labute approximate surface area is 118 Å². The first-order valence-electron chi connectivity index (χ1n) is 6.55. The number of aryl methyl sites for hydroxylation is 1. The number of amides is 1. The van der Waals surface area contributed by atoms with Gasteiger partial charge in [-0.05, 0) is 36.2 Å². The summed E-state index contributed by atoms with van der Waals surface area (Å²) in [6.07, 6.45) is 0.799. The fourth-order valence-corrected chi connectivity index (χ4v) is 2.07. The molecule has 0 aliphatic heterocycles. The van der Waals surface area contributed by atoms with Crippen LogP contribution in [0.4, 0.5) is 5.69 Å². The van der Waals surface area contributed by atoms with Gasteiger partial charge >= 0.3 is 0 Å². The average molecular weight is 270 g/mol. The average Bonchev–Trinajstić information content (AvgIpc) is 2.47. The maximum atomic E-state index is 12.2. The van der Waals surface area contributed by atoms with Gasteiger partial charge in [0.05, 0.1) is 0 Å². The lowest BCUT2D eigenvalue weighted by atomic mass is 10.0. The quantitative estimate of drug-likeness (QED) is 0.590. The molecule has 0 bridgehead atoms. The van der Waals surface area contributed by atoms with Crippen LogP contribution in [-0.4, -0.2) is 11.0 Å². The number of nitrogen functional groups attached to an aromatic ring is 1. The number of hydrogen-bond acceptors (Lipinski definition) is 3. The highest BCUT2D eigenvalue weighted by Crippen LogP contribution is 2.19. The molecule has 2 aromatic carbocycles. The number of anilines is 1. The van der Waals surface area contributed by atoms with Gasteiger partial charge in [-0.2, -0.15) is 0 Å². The minimum absolute atomic E-state index is 0.128. The van der Waals surface area contributed by atoms with E-state index >= 15 is 0 Å². The Hall–Kier alpha value is -2.49. The van der Waals surface area contributed by atoms with E-state index in [4.69, 9.17) is 5.73 Å². The van der Waals surface area contributed by atoms with Gasteiger partial charge in [0.2, 0.25) is 0 Å². The van der Waals surface area contributed by atoms with Crippen molar-refractivity contribution in [1.82, 2.24) is 5.32 Å². The molecule has 0 aromatic heterocycles. The van der Waals surface area contributed by atoms with Crippen molar-refractivity contribution in [2.24, 2.45) is 0 Å². The number of phenols is 1. The molecule has 0 radical (unpaired) electrons. The summed E-state index contributed by atoms with van der Waals surface area (Å²) in [6.45, 7) is 2.25. The minimum atomic E-state index is -0.149. The van der Waals surface area contributed by atoms with Crippen molar-refractivity contribution in [1.29, 1.82) is 0 Å². The maximum absolute atomic E-state index is 12.2. The van der Waals surface area contributed by atoms with E-state index in [1.165, 1.54) is 6.07 Å². The summed E-state index contributed by atoms with van der Waals surface area (Å²) < 4.78 is 0. The summed E-state index contributed by atoms with van der Waals surface area (Å²) in [6, 6.07) is 12.3. The summed E-state index contributed by atoms with van der Waals surface area (Å²) >= 11 is 0. The van der Waals surface area contributed by atoms with E-state index in [1.807, 2.05) is 25.1 Å². The highest BCUT2D eigenvalue weighted by Gasteiger charge is 2.10. The van der Waals surface area contributed by atoms with Crippen molar-refractivity contribution in [3.63, 3.8) is 0 Å². The lowest BCUT2D eigenvalue weighted by molar-refractivity contribution is 0.0950. The van der Waals surface area contributed by atoms with Crippen LogP contribution in [0.25, 0.3) is 0 Å². The fraction of sp³-hybridized carbons (Fsp3) is 0.188. The van der Waals surface area contributed by atoms with Crippen LogP contribution in [-0.2, 0) is 13.0 Å². The number of benzene rings is 2. The van der Waals surface area contributed by atoms with Crippen LogP contribution in [0.15, 0.2) is 42.5 Å². The Morgan fingerprint density at radius 3 is 2.70 bits per heavy atom. The normalized spacial score (nSPS) is 10.2. The SMILES string of the molecule is CCc1ccccc1C(=O)NCc1cc(N)ccc1O. The highest BCUT2D eigenvalue weighted by molar-refractivity contribution is 5.95. The molecular formula is C16H18N2O2. The van der Waals surface area contributed by atoms with E-state index in [-0.39, 0.29) is 18.2 Å². The molecule has 4 heteroatoms. The van der Waals surface area contributed by atoms with Crippen LogP contribution in [0.1, 0.15) is 28.4 Å². The van der Waals surface area contributed by atoms with Crippen LogP contribution in [0.5, 0.6) is 5.75 Å². The molecule has 0 heterocycles. The third kappa shape index (κ3) is 3.09. The summed E-state index contributed by atoms with van der Waals surface area (Å²) in [7, 11) is 0. The standard InChI is InChI=1S/C16H18N2O2/c1-2-11-5-3-4-6-14(11)16(20)18-10-12-9-13(17)7-8-15(12)19/h3-9,19H,2,10,17H2,1H3,(H,18,20). The number of nitrogens with two attached hydrogens (primary N) is 1. The van der Waals surface area contributed by atoms with Gasteiger partial charge in [0.1, 0.15) is 5.75 Å². The maximum Gasteiger partial charge on any atom is 0.251 e. The molecule has 1 amide bonds. The van der Waals surface area contributed by atoms with Crippen LogP contribution >= 0.6 is 0 Å². The van der Waals surface area contributed by atoms with E-state index in [2.05, 4.69) is 5.32 Å². The molecular weight excluding hydrogens is 252 g/mol. The summed E-state index contributed by atoms with van der Waals surface area (Å²) in [4.78, 5) is 12.2. The molecule has 2 aromatic rings. The van der Waals surface area contributed by atoms with Crippen molar-refractivity contribution in [2.45, 2.75) is 19.9 Å². The van der Waals surface area contributed by atoms with Crippen molar-refractivity contribution in [3.8, 4) is 5.75 Å². The van der Waals surface area contributed by atoms with Gasteiger partial charge in [0.25, 0.3) is 5.91 Å². The third-order valence-electron chi connectivity index (χ3n) is 3.19. The van der Waals surface area contributed by atoms with Crippen LogP contribution in [0.3, 0.4) is 0 Å². The Kier molecular flexibility index (Phi) is 4.25. The number of phenolic OH excluding ortho intramolecular Hbond substituents is 1. The van der Waals surface area contributed by atoms with E-state index in [0.29, 0.717) is 16.8 Å². The lowest BCUT2D eigenvalue weighted by Gasteiger charge is -2.10. The molecule has 0 saturated heterocycles. The predicted molar refractivity (Wildman–Crippen MR) is 79.5 cm³/mol. The van der Waals surface area contributed by atoms with Gasteiger partial charge in [-0.15, -0.1) is 0 Å². The molecule has 4 nitrogen and oxygen atoms in total. The number of carbonyl (C=O) groups excluding carboxylic acids is 1. The van der Waals surface area contributed by atoms with E-state index in [0.717, 1.165) is 12.0 Å². The van der Waals surface area contributed by atoms with Gasteiger partial charge in [-0.1, -0.05) is 25.1 Å². The second-order valence-electron chi connectivity index (χ2n) is 4.58. The highest BCUT2D eigenvalue weighted by atomic mass is 16.3. The van der Waals surface area contributed by atoms with Crippen LogP contribution in [0, 0.1) is 0 Å². The Bertz CT molecular complexity index is 624. The Morgan fingerprint density at radius 1 is 1.20 bits per heavy atom. The Balaban J connectivity index is 2.11. The lowest BCUT2D eigenvalue weighted by Crippen LogP contribution is -2.24. The van der Waals surface area contributed by atoms with Crippen LogP contribution in [0.2, 0.25) is 0 Å². The molecule has 2 rings (SSSR count). The largest absolute Gasteiger partial charge is 0.508 e. The van der Waals surface area contributed by atoms with Gasteiger partial charge < -0.3 is 16.2 Å². The first kappa shape index (κ1) is 13.9.